The predicted octanol–water partition coefficient (Wildman–Crippen LogP) is 1.82. The van der Waals surface area contributed by atoms with Crippen LogP contribution in [0.25, 0.3) is 0 Å². The van der Waals surface area contributed by atoms with Crippen LogP contribution in [0.4, 0.5) is 4.79 Å². The molecule has 0 saturated carbocycles. The zero-order valence-electron chi connectivity index (χ0n) is 7.99. The summed E-state index contributed by atoms with van der Waals surface area (Å²) in [6.45, 7) is 4.88. The Kier molecular flexibility index (Phi) is 7.33. The molecule has 5 nitrogen and oxygen atoms in total. The highest BCUT2D eigenvalue weighted by Gasteiger charge is 1.97. The van der Waals surface area contributed by atoms with Crippen LogP contribution >= 0.6 is 0 Å². The molecule has 1 heterocycles. The maximum absolute atomic E-state index is 9.59. The quantitative estimate of drug-likeness (QED) is 0.507. The molecule has 0 bridgehead atoms. The number of hydrogen-bond acceptors (Lipinski definition) is 4. The van der Waals surface area contributed by atoms with Gasteiger partial charge in [-0.2, -0.15) is 0 Å². The predicted molar refractivity (Wildman–Crippen MR) is 45.4 cm³/mol. The third-order valence-corrected chi connectivity index (χ3v) is 1.13. The van der Waals surface area contributed by atoms with Crippen LogP contribution in [0, 0.1) is 0 Å². The van der Waals surface area contributed by atoms with Gasteiger partial charge in [0.25, 0.3) is 0 Å². The van der Waals surface area contributed by atoms with E-state index in [2.05, 4.69) is 14.5 Å². The largest absolute Gasteiger partial charge is 0.506 e. The van der Waals surface area contributed by atoms with Crippen molar-refractivity contribution in [2.24, 2.45) is 0 Å². The molecule has 0 atom stereocenters. The Balaban J connectivity index is 0.000000223. The van der Waals surface area contributed by atoms with Crippen LogP contribution in [0.3, 0.4) is 0 Å². The SMILES string of the molecule is C1CCOOC1.CC(C)OC(=O)O. The van der Waals surface area contributed by atoms with Gasteiger partial charge in [0, 0.05) is 0 Å². The summed E-state index contributed by atoms with van der Waals surface area (Å²) < 4.78 is 4.17. The van der Waals surface area contributed by atoms with Crippen molar-refractivity contribution in [2.75, 3.05) is 13.2 Å². The van der Waals surface area contributed by atoms with Gasteiger partial charge >= 0.3 is 6.16 Å². The molecular formula is C8H16O5. The van der Waals surface area contributed by atoms with Crippen LogP contribution in [0.2, 0.25) is 0 Å². The molecule has 1 saturated heterocycles. The smallest absolute Gasteiger partial charge is 0.450 e. The van der Waals surface area contributed by atoms with E-state index in [-0.39, 0.29) is 6.10 Å². The van der Waals surface area contributed by atoms with E-state index in [1.54, 1.807) is 13.8 Å². The highest BCUT2D eigenvalue weighted by atomic mass is 17.2. The second-order valence-corrected chi connectivity index (χ2v) is 2.78. The Morgan fingerprint density at radius 3 is 1.85 bits per heavy atom. The first-order valence-corrected chi connectivity index (χ1v) is 4.27. The Labute approximate surface area is 77.5 Å². The first kappa shape index (κ1) is 12.2. The minimum atomic E-state index is -1.21. The summed E-state index contributed by atoms with van der Waals surface area (Å²) in [7, 11) is 0. The zero-order chi connectivity index (χ0) is 10.1. The molecule has 1 N–H and O–H groups in total. The molecule has 1 aliphatic heterocycles. The van der Waals surface area contributed by atoms with E-state index in [9.17, 15) is 4.79 Å². The van der Waals surface area contributed by atoms with Gasteiger partial charge in [0.1, 0.15) is 0 Å². The van der Waals surface area contributed by atoms with Crippen LogP contribution in [0.1, 0.15) is 26.7 Å². The van der Waals surface area contributed by atoms with E-state index in [1.807, 2.05) is 0 Å². The summed E-state index contributed by atoms with van der Waals surface area (Å²) in [5, 5.41) is 7.86. The maximum Gasteiger partial charge on any atom is 0.506 e. The molecule has 0 amide bonds. The summed E-state index contributed by atoms with van der Waals surface area (Å²) in [5.74, 6) is 0. The van der Waals surface area contributed by atoms with Gasteiger partial charge in [-0.1, -0.05) is 0 Å². The van der Waals surface area contributed by atoms with Crippen molar-refractivity contribution in [1.29, 1.82) is 0 Å². The number of ether oxygens (including phenoxy) is 1. The lowest BCUT2D eigenvalue weighted by molar-refractivity contribution is -0.312. The Morgan fingerprint density at radius 2 is 1.77 bits per heavy atom. The molecule has 1 rings (SSSR count). The average molecular weight is 192 g/mol. The van der Waals surface area contributed by atoms with Gasteiger partial charge in [-0.05, 0) is 26.7 Å². The number of hydrogen-bond donors (Lipinski definition) is 1. The lowest BCUT2D eigenvalue weighted by atomic mass is 10.3. The zero-order valence-corrected chi connectivity index (χ0v) is 7.99. The van der Waals surface area contributed by atoms with Crippen molar-refractivity contribution in [3.05, 3.63) is 0 Å². The highest BCUT2D eigenvalue weighted by Crippen LogP contribution is 1.97. The van der Waals surface area contributed by atoms with E-state index >= 15 is 0 Å². The molecule has 78 valence electrons. The number of carboxylic acid groups (broad SMARTS) is 1. The number of carbonyl (C=O) groups is 1. The van der Waals surface area contributed by atoms with E-state index < -0.39 is 6.16 Å². The Bertz CT molecular complexity index is 119. The van der Waals surface area contributed by atoms with E-state index in [4.69, 9.17) is 5.11 Å². The van der Waals surface area contributed by atoms with Crippen LogP contribution in [0.5, 0.6) is 0 Å². The fraction of sp³-hybridized carbons (Fsp3) is 0.875. The molecule has 5 heteroatoms. The van der Waals surface area contributed by atoms with Crippen molar-refractivity contribution >= 4 is 6.16 Å². The van der Waals surface area contributed by atoms with Gasteiger partial charge in [0.2, 0.25) is 0 Å². The van der Waals surface area contributed by atoms with Gasteiger partial charge in [-0.25, -0.2) is 14.6 Å². The molecule has 0 aliphatic carbocycles. The van der Waals surface area contributed by atoms with Crippen LogP contribution < -0.4 is 0 Å². The summed E-state index contributed by atoms with van der Waals surface area (Å²) in [4.78, 5) is 18.7. The monoisotopic (exact) mass is 192 g/mol. The standard InChI is InChI=1S/C4H8O3.C4H8O2/c1-3(2)7-4(5)6;1-2-4-6-5-3-1/h3H,1-2H3,(H,5,6);1-4H2. The summed E-state index contributed by atoms with van der Waals surface area (Å²) in [6, 6.07) is 0. The van der Waals surface area contributed by atoms with Gasteiger partial charge in [0.05, 0.1) is 19.3 Å². The third kappa shape index (κ3) is 11.2. The second kappa shape index (κ2) is 7.82. The highest BCUT2D eigenvalue weighted by molar-refractivity contribution is 5.56. The van der Waals surface area contributed by atoms with Crippen LogP contribution in [0.15, 0.2) is 0 Å². The summed E-state index contributed by atoms with van der Waals surface area (Å²) in [5.41, 5.74) is 0. The Morgan fingerprint density at radius 1 is 1.31 bits per heavy atom. The molecule has 0 unspecified atom stereocenters. The molecule has 0 spiro atoms. The van der Waals surface area contributed by atoms with Crippen molar-refractivity contribution in [2.45, 2.75) is 32.8 Å². The van der Waals surface area contributed by atoms with E-state index in [0.29, 0.717) is 0 Å². The number of rotatable bonds is 1. The van der Waals surface area contributed by atoms with Crippen molar-refractivity contribution in [3.8, 4) is 0 Å². The molecule has 0 aromatic carbocycles. The molecule has 0 aromatic heterocycles. The van der Waals surface area contributed by atoms with E-state index in [1.165, 1.54) is 0 Å². The van der Waals surface area contributed by atoms with Crippen molar-refractivity contribution in [3.63, 3.8) is 0 Å². The second-order valence-electron chi connectivity index (χ2n) is 2.78. The van der Waals surface area contributed by atoms with Crippen LogP contribution in [-0.2, 0) is 14.5 Å². The minimum Gasteiger partial charge on any atom is -0.450 e. The molecule has 1 fully saturated rings. The van der Waals surface area contributed by atoms with Gasteiger partial charge in [-0.15, -0.1) is 0 Å². The Hall–Kier alpha value is -0.810. The fourth-order valence-electron chi connectivity index (χ4n) is 0.641. The summed E-state index contributed by atoms with van der Waals surface area (Å²) in [6.07, 6.45) is 0.868. The minimum absolute atomic E-state index is 0.225. The third-order valence-electron chi connectivity index (χ3n) is 1.13. The average Bonchev–Trinajstić information content (AvgIpc) is 2.06. The fourth-order valence-corrected chi connectivity index (χ4v) is 0.641. The van der Waals surface area contributed by atoms with Gasteiger partial charge in [0.15, 0.2) is 0 Å². The van der Waals surface area contributed by atoms with Gasteiger partial charge in [-0.3, -0.25) is 0 Å². The first-order chi connectivity index (χ1) is 6.13. The molecule has 1 aliphatic rings. The lowest BCUT2D eigenvalue weighted by Crippen LogP contribution is -2.07. The van der Waals surface area contributed by atoms with Crippen molar-refractivity contribution in [1.82, 2.24) is 0 Å². The van der Waals surface area contributed by atoms with Crippen molar-refractivity contribution < 1.29 is 24.4 Å². The molecule has 13 heavy (non-hydrogen) atoms. The topological polar surface area (TPSA) is 65.0 Å². The lowest BCUT2D eigenvalue weighted by Gasteiger charge is -2.07. The first-order valence-electron chi connectivity index (χ1n) is 4.27. The maximum atomic E-state index is 9.59. The summed E-state index contributed by atoms with van der Waals surface area (Å²) >= 11 is 0. The molecule has 0 radical (unpaired) electrons. The van der Waals surface area contributed by atoms with Crippen LogP contribution in [-0.4, -0.2) is 30.6 Å². The molecular weight excluding hydrogens is 176 g/mol. The van der Waals surface area contributed by atoms with E-state index in [0.717, 1.165) is 26.1 Å². The molecule has 0 aromatic rings. The normalized spacial score (nSPS) is 15.9. The van der Waals surface area contributed by atoms with Gasteiger partial charge < -0.3 is 9.84 Å².